The SMILES string of the molecule is [2H]/C(=C/[Se]c1ccccc1)S(=O)(=O)c1ccc(C)cc1. The third-order valence-electron chi connectivity index (χ3n) is 2.47. The van der Waals surface area contributed by atoms with Crippen LogP contribution < -0.4 is 4.46 Å². The average molecular weight is 338 g/mol. The summed E-state index contributed by atoms with van der Waals surface area (Å²) < 4.78 is 33.3. The van der Waals surface area contributed by atoms with Crippen LogP contribution in [-0.4, -0.2) is 23.4 Å². The Hall–Kier alpha value is -1.35. The maximum atomic E-state index is 12.2. The molecular formula is C15H14O2SSe. The molecule has 2 nitrogen and oxygen atoms in total. The minimum absolute atomic E-state index is 0.157. The Labute approximate surface area is 121 Å². The normalized spacial score (nSPS) is 13.1. The van der Waals surface area contributed by atoms with E-state index in [1.807, 2.05) is 37.3 Å². The molecule has 0 heterocycles. The van der Waals surface area contributed by atoms with Crippen molar-refractivity contribution < 1.29 is 9.79 Å². The minimum atomic E-state index is -3.68. The molecule has 2 aromatic rings. The van der Waals surface area contributed by atoms with Gasteiger partial charge in [0, 0.05) is 0 Å². The Balaban J connectivity index is 2.23. The quantitative estimate of drug-likeness (QED) is 0.802. The molecule has 0 spiro atoms. The van der Waals surface area contributed by atoms with Gasteiger partial charge in [-0.3, -0.25) is 0 Å². The second-order valence-electron chi connectivity index (χ2n) is 3.98. The van der Waals surface area contributed by atoms with Crippen LogP contribution >= 0.6 is 0 Å². The van der Waals surface area contributed by atoms with E-state index in [4.69, 9.17) is 1.37 Å². The third kappa shape index (κ3) is 4.06. The molecule has 0 N–H and O–H groups in total. The Morgan fingerprint density at radius 3 is 2.32 bits per heavy atom. The number of aryl methyl sites for hydroxylation is 1. The first-order chi connectivity index (χ1) is 9.50. The van der Waals surface area contributed by atoms with Gasteiger partial charge in [-0.15, -0.1) is 0 Å². The second kappa shape index (κ2) is 6.20. The van der Waals surface area contributed by atoms with Crippen LogP contribution in [-0.2, 0) is 9.84 Å². The van der Waals surface area contributed by atoms with Crippen LogP contribution in [0.5, 0.6) is 0 Å². The first-order valence-electron chi connectivity index (χ1n) is 6.20. The molecule has 0 radical (unpaired) electrons. The molecule has 0 aliphatic carbocycles. The Morgan fingerprint density at radius 2 is 1.68 bits per heavy atom. The Morgan fingerprint density at radius 1 is 1.05 bits per heavy atom. The van der Waals surface area contributed by atoms with Crippen LogP contribution in [0.15, 0.2) is 69.9 Å². The van der Waals surface area contributed by atoms with E-state index in [1.54, 1.807) is 24.3 Å². The van der Waals surface area contributed by atoms with Crippen molar-refractivity contribution in [3.63, 3.8) is 0 Å². The summed E-state index contributed by atoms with van der Waals surface area (Å²) in [6.07, 6.45) is 0. The van der Waals surface area contributed by atoms with Crippen LogP contribution in [0.1, 0.15) is 6.93 Å². The standard InChI is InChI=1S/C15H14O2SSe/c1-13-7-9-14(10-8-13)18(16,17)11-12-19-15-5-3-2-4-6-15/h2-12H,1H3/b12-11-/i11D. The van der Waals surface area contributed by atoms with E-state index in [0.29, 0.717) is 0 Å². The van der Waals surface area contributed by atoms with Gasteiger partial charge in [0.15, 0.2) is 0 Å². The predicted octanol–water partition coefficient (Wildman–Crippen LogP) is 2.27. The molecule has 2 rings (SSSR count). The summed E-state index contributed by atoms with van der Waals surface area (Å²) in [5.74, 6) is 0. The zero-order chi connectivity index (χ0) is 14.6. The summed E-state index contributed by atoms with van der Waals surface area (Å²) in [6, 6.07) is 16.2. The molecule has 0 bridgehead atoms. The topological polar surface area (TPSA) is 34.1 Å². The molecule has 0 saturated carbocycles. The van der Waals surface area contributed by atoms with Gasteiger partial charge in [-0.1, -0.05) is 0 Å². The molecular weight excluding hydrogens is 323 g/mol. The maximum absolute atomic E-state index is 12.2. The van der Waals surface area contributed by atoms with E-state index in [-0.39, 0.29) is 25.2 Å². The summed E-state index contributed by atoms with van der Waals surface area (Å²) in [5, 5.41) is -0.329. The van der Waals surface area contributed by atoms with Crippen molar-refractivity contribution in [2.45, 2.75) is 11.8 Å². The first-order valence-corrected chi connectivity index (χ1v) is 9.03. The van der Waals surface area contributed by atoms with Crippen LogP contribution in [0.3, 0.4) is 0 Å². The van der Waals surface area contributed by atoms with Gasteiger partial charge < -0.3 is 0 Å². The molecule has 4 heteroatoms. The number of benzene rings is 2. The fraction of sp³-hybridized carbons (Fsp3) is 0.0667. The second-order valence-corrected chi connectivity index (χ2v) is 7.68. The summed E-state index contributed by atoms with van der Waals surface area (Å²) in [7, 11) is -3.68. The van der Waals surface area contributed by atoms with Gasteiger partial charge >= 0.3 is 121 Å². The molecule has 2 aromatic carbocycles. The van der Waals surface area contributed by atoms with Crippen LogP contribution in [0.2, 0.25) is 0 Å². The van der Waals surface area contributed by atoms with Crippen LogP contribution in [0.4, 0.5) is 0 Å². The number of hydrogen-bond donors (Lipinski definition) is 0. The molecule has 0 amide bonds. The number of rotatable bonds is 4. The Kier molecular flexibility index (Phi) is 4.13. The number of hydrogen-bond acceptors (Lipinski definition) is 2. The summed E-state index contributed by atoms with van der Waals surface area (Å²) in [5.41, 5.74) is 0.993. The van der Waals surface area contributed by atoms with Gasteiger partial charge in [0.05, 0.1) is 0 Å². The zero-order valence-corrected chi connectivity index (χ0v) is 12.9. The molecule has 0 saturated heterocycles. The fourth-order valence-corrected chi connectivity index (χ4v) is 4.29. The third-order valence-corrected chi connectivity index (χ3v) is 5.77. The summed E-state index contributed by atoms with van der Waals surface area (Å²) >= 11 is -0.157. The van der Waals surface area contributed by atoms with Crippen LogP contribution in [0, 0.1) is 6.92 Å². The van der Waals surface area contributed by atoms with Gasteiger partial charge in [0.1, 0.15) is 0 Å². The summed E-state index contributed by atoms with van der Waals surface area (Å²) in [6.45, 7) is 1.90. The van der Waals surface area contributed by atoms with Crippen molar-refractivity contribution in [1.82, 2.24) is 0 Å². The first kappa shape index (κ1) is 12.7. The predicted molar refractivity (Wildman–Crippen MR) is 79.3 cm³/mol. The van der Waals surface area contributed by atoms with E-state index >= 15 is 0 Å². The average Bonchev–Trinajstić information content (AvgIpc) is 2.46. The Bertz CT molecular complexity index is 707. The molecule has 0 atom stereocenters. The van der Waals surface area contributed by atoms with Crippen molar-refractivity contribution in [2.24, 2.45) is 0 Å². The fourth-order valence-electron chi connectivity index (χ4n) is 1.44. The van der Waals surface area contributed by atoms with Gasteiger partial charge in [-0.25, -0.2) is 0 Å². The van der Waals surface area contributed by atoms with Crippen molar-refractivity contribution in [2.75, 3.05) is 0 Å². The molecule has 19 heavy (non-hydrogen) atoms. The molecule has 98 valence electrons. The number of sulfone groups is 1. The molecule has 0 unspecified atom stereocenters. The van der Waals surface area contributed by atoms with Crippen molar-refractivity contribution in [3.05, 3.63) is 70.5 Å². The van der Waals surface area contributed by atoms with E-state index in [9.17, 15) is 8.42 Å². The molecule has 0 fully saturated rings. The van der Waals surface area contributed by atoms with E-state index in [2.05, 4.69) is 0 Å². The summed E-state index contributed by atoms with van der Waals surface area (Å²) in [4.78, 5) is 1.67. The monoisotopic (exact) mass is 339 g/mol. The zero-order valence-electron chi connectivity index (χ0n) is 11.4. The molecule has 0 aliphatic rings. The molecule has 0 aliphatic heterocycles. The van der Waals surface area contributed by atoms with E-state index in [0.717, 1.165) is 10.0 Å². The van der Waals surface area contributed by atoms with Crippen molar-refractivity contribution >= 4 is 29.3 Å². The van der Waals surface area contributed by atoms with Crippen molar-refractivity contribution in [1.29, 1.82) is 0 Å². The molecule has 0 aromatic heterocycles. The van der Waals surface area contributed by atoms with E-state index < -0.39 is 9.84 Å². The van der Waals surface area contributed by atoms with Crippen LogP contribution in [0.25, 0.3) is 0 Å². The van der Waals surface area contributed by atoms with Gasteiger partial charge in [-0.05, 0) is 0 Å². The van der Waals surface area contributed by atoms with Gasteiger partial charge in [-0.2, -0.15) is 0 Å². The van der Waals surface area contributed by atoms with Gasteiger partial charge in [0.2, 0.25) is 0 Å². The van der Waals surface area contributed by atoms with E-state index in [1.165, 1.54) is 4.97 Å². The van der Waals surface area contributed by atoms with Gasteiger partial charge in [0.25, 0.3) is 0 Å². The van der Waals surface area contributed by atoms with Crippen molar-refractivity contribution in [3.8, 4) is 0 Å².